The molecule has 0 aromatic heterocycles. The maximum atomic E-state index is 13.3. The number of halogens is 1. The molecule has 1 aromatic carbocycles. The van der Waals surface area contributed by atoms with Crippen LogP contribution >= 0.6 is 0 Å². The van der Waals surface area contributed by atoms with E-state index in [4.69, 9.17) is 15.6 Å². The Balaban J connectivity index is 2.82. The first-order chi connectivity index (χ1) is 7.04. The predicted octanol–water partition coefficient (Wildman–Crippen LogP) is 0.571. The lowest BCUT2D eigenvalue weighted by Gasteiger charge is -2.12. The Morgan fingerprint density at radius 2 is 2.33 bits per heavy atom. The molecule has 1 unspecified atom stereocenters. The number of hydrogen-bond donors (Lipinski definition) is 2. The van der Waals surface area contributed by atoms with Crippen LogP contribution in [0.5, 0.6) is 5.75 Å². The number of rotatable bonds is 4. The molecular weight excluding hydrogens is 201 g/mol. The van der Waals surface area contributed by atoms with Crippen LogP contribution in [0.4, 0.5) is 4.39 Å². The summed E-state index contributed by atoms with van der Waals surface area (Å²) in [7, 11) is 0. The van der Waals surface area contributed by atoms with Gasteiger partial charge in [0.1, 0.15) is 0 Å². The van der Waals surface area contributed by atoms with Crippen LogP contribution in [-0.2, 0) is 11.4 Å². The molecule has 1 aromatic rings. The normalized spacial score (nSPS) is 12.2. The van der Waals surface area contributed by atoms with Crippen molar-refractivity contribution >= 4 is 5.91 Å². The number of nitrogens with two attached hydrogens (primary N) is 1. The summed E-state index contributed by atoms with van der Waals surface area (Å²) in [5.41, 5.74) is 5.40. The average Bonchev–Trinajstić information content (AvgIpc) is 2.20. The van der Waals surface area contributed by atoms with Crippen LogP contribution in [0, 0.1) is 5.82 Å². The van der Waals surface area contributed by atoms with Crippen molar-refractivity contribution in [3.05, 3.63) is 29.6 Å². The standard InChI is InChI=1S/C10H12FNO3/c1-6(10(12)14)15-9-3-2-7(5-13)4-8(9)11/h2-4,6,13H,5H2,1H3,(H2,12,14). The van der Waals surface area contributed by atoms with Crippen molar-refractivity contribution in [3.8, 4) is 5.75 Å². The largest absolute Gasteiger partial charge is 0.478 e. The van der Waals surface area contributed by atoms with Crippen LogP contribution in [0.3, 0.4) is 0 Å². The van der Waals surface area contributed by atoms with Gasteiger partial charge in [-0.2, -0.15) is 0 Å². The molecule has 0 heterocycles. The zero-order chi connectivity index (χ0) is 11.4. The fourth-order valence-corrected chi connectivity index (χ4v) is 0.987. The molecule has 0 aliphatic rings. The zero-order valence-electron chi connectivity index (χ0n) is 8.24. The molecular formula is C10H12FNO3. The highest BCUT2D eigenvalue weighted by atomic mass is 19.1. The summed E-state index contributed by atoms with van der Waals surface area (Å²) in [4.78, 5) is 10.7. The maximum Gasteiger partial charge on any atom is 0.258 e. The predicted molar refractivity (Wildman–Crippen MR) is 51.6 cm³/mol. The third-order valence-electron chi connectivity index (χ3n) is 1.88. The van der Waals surface area contributed by atoms with Crippen LogP contribution in [0.1, 0.15) is 12.5 Å². The number of benzene rings is 1. The summed E-state index contributed by atoms with van der Waals surface area (Å²) in [6.07, 6.45) is -0.889. The van der Waals surface area contributed by atoms with Crippen LogP contribution in [0.25, 0.3) is 0 Å². The lowest BCUT2D eigenvalue weighted by molar-refractivity contribution is -0.124. The number of carbonyl (C=O) groups excluding carboxylic acids is 1. The van der Waals surface area contributed by atoms with E-state index >= 15 is 0 Å². The van der Waals surface area contributed by atoms with Gasteiger partial charge >= 0.3 is 0 Å². The first-order valence-corrected chi connectivity index (χ1v) is 4.40. The minimum absolute atomic E-state index is 0.0569. The van der Waals surface area contributed by atoms with Gasteiger partial charge in [-0.3, -0.25) is 4.79 Å². The van der Waals surface area contributed by atoms with Crippen LogP contribution in [-0.4, -0.2) is 17.1 Å². The van der Waals surface area contributed by atoms with Gasteiger partial charge in [0, 0.05) is 0 Å². The van der Waals surface area contributed by atoms with Gasteiger partial charge in [-0.25, -0.2) is 4.39 Å². The monoisotopic (exact) mass is 213 g/mol. The Hall–Kier alpha value is -1.62. The van der Waals surface area contributed by atoms with Crippen LogP contribution in [0.15, 0.2) is 18.2 Å². The molecule has 0 saturated carbocycles. The molecule has 3 N–H and O–H groups in total. The Labute approximate surface area is 86.5 Å². The minimum Gasteiger partial charge on any atom is -0.478 e. The van der Waals surface area contributed by atoms with Crippen molar-refractivity contribution in [1.29, 1.82) is 0 Å². The van der Waals surface area contributed by atoms with Crippen molar-refractivity contribution in [2.75, 3.05) is 0 Å². The van der Waals surface area contributed by atoms with Gasteiger partial charge in [-0.1, -0.05) is 6.07 Å². The Bertz CT molecular complexity index is 368. The number of aliphatic hydroxyl groups is 1. The molecule has 4 nitrogen and oxygen atoms in total. The van der Waals surface area contributed by atoms with E-state index in [0.29, 0.717) is 5.56 Å². The highest BCUT2D eigenvalue weighted by Gasteiger charge is 2.13. The topological polar surface area (TPSA) is 72.6 Å². The molecule has 0 bridgehead atoms. The van der Waals surface area contributed by atoms with Gasteiger partial charge < -0.3 is 15.6 Å². The van der Waals surface area contributed by atoms with Crippen molar-refractivity contribution < 1.29 is 19.0 Å². The van der Waals surface area contributed by atoms with E-state index in [1.165, 1.54) is 19.1 Å². The maximum absolute atomic E-state index is 13.3. The van der Waals surface area contributed by atoms with Crippen molar-refractivity contribution in [2.45, 2.75) is 19.6 Å². The molecule has 5 heteroatoms. The second-order valence-electron chi connectivity index (χ2n) is 3.09. The molecule has 0 aliphatic carbocycles. The summed E-state index contributed by atoms with van der Waals surface area (Å²) in [6, 6.07) is 4.00. The van der Waals surface area contributed by atoms with Gasteiger partial charge in [-0.15, -0.1) is 0 Å². The number of ether oxygens (including phenoxy) is 1. The van der Waals surface area contributed by atoms with Crippen LogP contribution in [0.2, 0.25) is 0 Å². The van der Waals surface area contributed by atoms with E-state index in [2.05, 4.69) is 0 Å². The molecule has 0 saturated heterocycles. The SMILES string of the molecule is CC(Oc1ccc(CO)cc1F)C(N)=O. The number of hydrogen-bond acceptors (Lipinski definition) is 3. The molecule has 0 spiro atoms. The van der Waals surface area contributed by atoms with E-state index in [9.17, 15) is 9.18 Å². The number of aliphatic hydroxyl groups excluding tert-OH is 1. The van der Waals surface area contributed by atoms with Gasteiger partial charge in [0.15, 0.2) is 17.7 Å². The number of primary amides is 1. The van der Waals surface area contributed by atoms with E-state index in [1.54, 1.807) is 0 Å². The third kappa shape index (κ3) is 2.92. The molecule has 0 radical (unpaired) electrons. The first kappa shape index (κ1) is 11.5. The summed E-state index contributed by atoms with van der Waals surface area (Å²) in [6.45, 7) is 1.18. The van der Waals surface area contributed by atoms with Gasteiger partial charge in [0.25, 0.3) is 5.91 Å². The lowest BCUT2D eigenvalue weighted by Crippen LogP contribution is -2.30. The zero-order valence-corrected chi connectivity index (χ0v) is 8.24. The van der Waals surface area contributed by atoms with Gasteiger partial charge in [0.2, 0.25) is 0 Å². The molecule has 1 atom stereocenters. The molecule has 1 amide bonds. The molecule has 82 valence electrons. The molecule has 0 aliphatic heterocycles. The highest BCUT2D eigenvalue weighted by Crippen LogP contribution is 2.19. The molecule has 0 fully saturated rings. The van der Waals surface area contributed by atoms with E-state index in [-0.39, 0.29) is 12.4 Å². The average molecular weight is 213 g/mol. The fourth-order valence-electron chi connectivity index (χ4n) is 0.987. The lowest BCUT2D eigenvalue weighted by atomic mass is 10.2. The smallest absolute Gasteiger partial charge is 0.258 e. The van der Waals surface area contributed by atoms with Crippen molar-refractivity contribution in [3.63, 3.8) is 0 Å². The summed E-state index contributed by atoms with van der Waals surface area (Å²) in [5.74, 6) is -1.35. The Morgan fingerprint density at radius 1 is 1.67 bits per heavy atom. The second kappa shape index (κ2) is 4.75. The second-order valence-corrected chi connectivity index (χ2v) is 3.09. The third-order valence-corrected chi connectivity index (χ3v) is 1.88. The van der Waals surface area contributed by atoms with E-state index in [1.807, 2.05) is 0 Å². The summed E-state index contributed by atoms with van der Waals surface area (Å²) in [5, 5.41) is 8.74. The van der Waals surface area contributed by atoms with Gasteiger partial charge in [0.05, 0.1) is 6.61 Å². The van der Waals surface area contributed by atoms with E-state index < -0.39 is 17.8 Å². The number of carbonyl (C=O) groups is 1. The Morgan fingerprint density at radius 3 is 2.80 bits per heavy atom. The molecule has 15 heavy (non-hydrogen) atoms. The molecule has 1 rings (SSSR count). The summed E-state index contributed by atoms with van der Waals surface area (Å²) < 4.78 is 18.2. The minimum atomic E-state index is -0.889. The summed E-state index contributed by atoms with van der Waals surface area (Å²) >= 11 is 0. The van der Waals surface area contributed by atoms with E-state index in [0.717, 1.165) is 6.07 Å². The van der Waals surface area contributed by atoms with Gasteiger partial charge in [-0.05, 0) is 24.6 Å². The van der Waals surface area contributed by atoms with Crippen molar-refractivity contribution in [2.24, 2.45) is 5.73 Å². The van der Waals surface area contributed by atoms with Crippen LogP contribution < -0.4 is 10.5 Å². The number of amides is 1. The van der Waals surface area contributed by atoms with Crippen molar-refractivity contribution in [1.82, 2.24) is 0 Å². The Kier molecular flexibility index (Phi) is 3.62. The quantitative estimate of drug-likeness (QED) is 0.768. The highest BCUT2D eigenvalue weighted by molar-refractivity contribution is 5.78. The fraction of sp³-hybridized carbons (Fsp3) is 0.300. The first-order valence-electron chi connectivity index (χ1n) is 4.40.